The topological polar surface area (TPSA) is 60.7 Å². The fourth-order valence-corrected chi connectivity index (χ4v) is 3.36. The molecule has 5 heteroatoms. The summed E-state index contributed by atoms with van der Waals surface area (Å²) in [6, 6.07) is 17.4. The third-order valence-electron chi connectivity index (χ3n) is 4.55. The highest BCUT2D eigenvalue weighted by atomic mass is 16.7. The van der Waals surface area contributed by atoms with E-state index >= 15 is 0 Å². The molecule has 1 aromatic heterocycles. The molecule has 0 spiro atoms. The van der Waals surface area contributed by atoms with Crippen molar-refractivity contribution in [2.75, 3.05) is 12.1 Å². The number of hydrogen-bond donors (Lipinski definition) is 1. The lowest BCUT2D eigenvalue weighted by atomic mass is 10.0. The number of nitrogens with one attached hydrogen (secondary N) is 1. The third-order valence-corrected chi connectivity index (χ3v) is 4.55. The fraction of sp³-hybridized carbons (Fsp3) is 0.0952. The zero-order valence-corrected chi connectivity index (χ0v) is 13.8. The number of hydrogen-bond acceptors (Lipinski definition) is 4. The molecule has 5 nitrogen and oxygen atoms in total. The van der Waals surface area contributed by atoms with Gasteiger partial charge in [-0.25, -0.2) is 0 Å². The van der Waals surface area contributed by atoms with Crippen molar-refractivity contribution >= 4 is 33.3 Å². The molecular weight excluding hydrogens is 330 g/mol. The van der Waals surface area contributed by atoms with Crippen LogP contribution in [0.2, 0.25) is 0 Å². The summed E-state index contributed by atoms with van der Waals surface area (Å²) >= 11 is 0. The molecule has 1 aliphatic heterocycles. The van der Waals surface area contributed by atoms with Crippen LogP contribution >= 0.6 is 0 Å². The van der Waals surface area contributed by atoms with Crippen molar-refractivity contribution in [3.05, 3.63) is 66.4 Å². The smallest absolute Gasteiger partial charge is 0.231 e. The molecule has 0 bridgehead atoms. The van der Waals surface area contributed by atoms with Crippen LogP contribution in [0.5, 0.6) is 11.5 Å². The lowest BCUT2D eigenvalue weighted by molar-refractivity contribution is -0.115. The van der Waals surface area contributed by atoms with Crippen LogP contribution in [0, 0.1) is 0 Å². The Morgan fingerprint density at radius 3 is 2.85 bits per heavy atom. The number of benzene rings is 3. The molecule has 0 atom stereocenters. The van der Waals surface area contributed by atoms with Gasteiger partial charge in [-0.15, -0.1) is 0 Å². The van der Waals surface area contributed by atoms with Gasteiger partial charge >= 0.3 is 0 Å². The summed E-state index contributed by atoms with van der Waals surface area (Å²) in [5.41, 5.74) is 2.33. The zero-order valence-electron chi connectivity index (χ0n) is 13.8. The Labute approximate surface area is 149 Å². The quantitative estimate of drug-likeness (QED) is 0.594. The number of anilines is 1. The molecule has 4 aromatic rings. The maximum Gasteiger partial charge on any atom is 0.231 e. The standard InChI is InChI=1S/C21H15NO4/c23-20(22-15-6-8-17-19(10-15)26-12-25-17)9-14-11-24-18-7-5-13-3-1-2-4-16(13)21(14)18/h1-8,10-11H,9,12H2,(H,22,23). The number of furan rings is 1. The Morgan fingerprint density at radius 2 is 1.88 bits per heavy atom. The zero-order chi connectivity index (χ0) is 17.5. The van der Waals surface area contributed by atoms with Crippen LogP contribution in [0.3, 0.4) is 0 Å². The normalized spacial score (nSPS) is 12.6. The van der Waals surface area contributed by atoms with Crippen LogP contribution in [0.25, 0.3) is 21.7 Å². The Kier molecular flexibility index (Phi) is 3.31. The second-order valence-corrected chi connectivity index (χ2v) is 6.21. The third kappa shape index (κ3) is 2.45. The van der Waals surface area contributed by atoms with Crippen LogP contribution in [-0.4, -0.2) is 12.7 Å². The molecule has 3 aromatic carbocycles. The Morgan fingerprint density at radius 1 is 1.00 bits per heavy atom. The lowest BCUT2D eigenvalue weighted by Gasteiger charge is -2.06. The highest BCUT2D eigenvalue weighted by Gasteiger charge is 2.16. The van der Waals surface area contributed by atoms with Crippen molar-refractivity contribution in [1.82, 2.24) is 0 Å². The van der Waals surface area contributed by atoms with E-state index in [4.69, 9.17) is 13.9 Å². The molecule has 128 valence electrons. The minimum atomic E-state index is -0.112. The van der Waals surface area contributed by atoms with Crippen molar-refractivity contribution in [2.24, 2.45) is 0 Å². The molecule has 0 saturated heterocycles. The predicted molar refractivity (Wildman–Crippen MR) is 98.6 cm³/mol. The van der Waals surface area contributed by atoms with Crippen LogP contribution in [0.4, 0.5) is 5.69 Å². The van der Waals surface area contributed by atoms with Gasteiger partial charge in [0.05, 0.1) is 12.7 Å². The van der Waals surface area contributed by atoms with E-state index in [1.54, 1.807) is 24.5 Å². The van der Waals surface area contributed by atoms with Crippen LogP contribution in [0.1, 0.15) is 5.56 Å². The van der Waals surface area contributed by atoms with Crippen LogP contribution in [-0.2, 0) is 11.2 Å². The van der Waals surface area contributed by atoms with Gasteiger partial charge in [0.15, 0.2) is 11.5 Å². The van der Waals surface area contributed by atoms with Gasteiger partial charge in [0.2, 0.25) is 12.7 Å². The fourth-order valence-electron chi connectivity index (χ4n) is 3.36. The summed E-state index contributed by atoms with van der Waals surface area (Å²) in [7, 11) is 0. The van der Waals surface area contributed by atoms with E-state index in [9.17, 15) is 4.79 Å². The molecule has 0 saturated carbocycles. The van der Waals surface area contributed by atoms with Crippen LogP contribution < -0.4 is 14.8 Å². The van der Waals surface area contributed by atoms with Gasteiger partial charge in [-0.05, 0) is 29.0 Å². The highest BCUT2D eigenvalue weighted by molar-refractivity contribution is 6.09. The number of amides is 1. The van der Waals surface area contributed by atoms with Gasteiger partial charge in [0.25, 0.3) is 0 Å². The van der Waals surface area contributed by atoms with Crippen molar-refractivity contribution < 1.29 is 18.7 Å². The summed E-state index contributed by atoms with van der Waals surface area (Å²) in [5, 5.41) is 6.11. The van der Waals surface area contributed by atoms with Crippen molar-refractivity contribution in [2.45, 2.75) is 6.42 Å². The van der Waals surface area contributed by atoms with Crippen LogP contribution in [0.15, 0.2) is 65.3 Å². The van der Waals surface area contributed by atoms with E-state index in [0.29, 0.717) is 17.2 Å². The molecule has 0 aliphatic carbocycles. The van der Waals surface area contributed by atoms with Gasteiger partial charge in [0, 0.05) is 22.7 Å². The first-order valence-corrected chi connectivity index (χ1v) is 8.35. The maximum atomic E-state index is 12.5. The largest absolute Gasteiger partial charge is 0.464 e. The van der Waals surface area contributed by atoms with Gasteiger partial charge in [0.1, 0.15) is 5.58 Å². The summed E-state index contributed by atoms with van der Waals surface area (Å²) in [6.07, 6.45) is 1.89. The number of carbonyl (C=O) groups is 1. The molecule has 0 radical (unpaired) electrons. The summed E-state index contributed by atoms with van der Waals surface area (Å²) < 4.78 is 16.3. The molecule has 0 fully saturated rings. The first-order chi connectivity index (χ1) is 12.8. The second kappa shape index (κ2) is 5.81. The van der Waals surface area contributed by atoms with Crippen molar-refractivity contribution in [1.29, 1.82) is 0 Å². The lowest BCUT2D eigenvalue weighted by Crippen LogP contribution is -2.14. The van der Waals surface area contributed by atoms with Crippen molar-refractivity contribution in [3.63, 3.8) is 0 Å². The summed E-state index contributed by atoms with van der Waals surface area (Å²) in [6.45, 7) is 0.209. The second-order valence-electron chi connectivity index (χ2n) is 6.21. The Balaban J connectivity index is 1.44. The maximum absolute atomic E-state index is 12.5. The average Bonchev–Trinajstić information content (AvgIpc) is 3.28. The molecular formula is C21H15NO4. The monoisotopic (exact) mass is 345 g/mol. The van der Waals surface area contributed by atoms with Gasteiger partial charge in [-0.3, -0.25) is 4.79 Å². The molecule has 0 unspecified atom stereocenters. The van der Waals surface area contributed by atoms with E-state index in [-0.39, 0.29) is 19.1 Å². The molecule has 5 rings (SSSR count). The first-order valence-electron chi connectivity index (χ1n) is 8.35. The number of ether oxygens (including phenoxy) is 2. The average molecular weight is 345 g/mol. The Hall–Kier alpha value is -3.47. The number of carbonyl (C=O) groups excluding carboxylic acids is 1. The predicted octanol–water partition coefficient (Wildman–Crippen LogP) is 4.50. The van der Waals surface area contributed by atoms with Crippen molar-refractivity contribution in [3.8, 4) is 11.5 Å². The molecule has 1 N–H and O–H groups in total. The van der Waals surface area contributed by atoms with E-state index in [2.05, 4.69) is 11.4 Å². The van der Waals surface area contributed by atoms with E-state index in [1.165, 1.54) is 0 Å². The van der Waals surface area contributed by atoms with Gasteiger partial charge in [-0.1, -0.05) is 30.3 Å². The summed E-state index contributed by atoms with van der Waals surface area (Å²) in [4.78, 5) is 12.5. The minimum Gasteiger partial charge on any atom is -0.464 e. The molecule has 26 heavy (non-hydrogen) atoms. The molecule has 2 heterocycles. The van der Waals surface area contributed by atoms with Gasteiger partial charge < -0.3 is 19.2 Å². The van der Waals surface area contributed by atoms with E-state index < -0.39 is 0 Å². The Bertz CT molecular complexity index is 1150. The molecule has 1 amide bonds. The first kappa shape index (κ1) is 14.8. The SMILES string of the molecule is O=C(Cc1coc2ccc3ccccc3c12)Nc1ccc2c(c1)OCO2. The summed E-state index contributed by atoms with van der Waals surface area (Å²) in [5.74, 6) is 1.22. The molecule has 1 aliphatic rings. The number of fused-ring (bicyclic) bond motifs is 4. The van der Waals surface area contributed by atoms with Gasteiger partial charge in [-0.2, -0.15) is 0 Å². The highest BCUT2D eigenvalue weighted by Crippen LogP contribution is 2.34. The van der Waals surface area contributed by atoms with E-state index in [1.807, 2.05) is 30.3 Å². The van der Waals surface area contributed by atoms with E-state index in [0.717, 1.165) is 27.3 Å². The minimum absolute atomic E-state index is 0.112. The number of rotatable bonds is 3.